The molecule has 2 fully saturated rings. The van der Waals surface area contributed by atoms with E-state index in [0.717, 1.165) is 37.1 Å². The zero-order chi connectivity index (χ0) is 14.4. The van der Waals surface area contributed by atoms with Gasteiger partial charge in [0.05, 0.1) is 11.1 Å². The molecule has 1 N–H and O–H groups in total. The summed E-state index contributed by atoms with van der Waals surface area (Å²) in [5.74, 6) is 0.877. The number of rotatable bonds is 4. The summed E-state index contributed by atoms with van der Waals surface area (Å²) in [6, 6.07) is 5.85. The second kappa shape index (κ2) is 4.80. The first-order valence-corrected chi connectivity index (χ1v) is 8.17. The maximum absolute atomic E-state index is 14.2. The summed E-state index contributed by atoms with van der Waals surface area (Å²) >= 11 is 0. The number of benzene rings is 1. The third kappa shape index (κ3) is 2.00. The van der Waals surface area contributed by atoms with Crippen LogP contribution in [0.15, 0.2) is 18.2 Å². The Morgan fingerprint density at radius 3 is 2.95 bits per heavy atom. The maximum atomic E-state index is 14.2. The molecule has 2 aliphatic rings. The van der Waals surface area contributed by atoms with Crippen LogP contribution in [0.25, 0.3) is 11.0 Å². The molecule has 1 aliphatic heterocycles. The van der Waals surface area contributed by atoms with E-state index in [0.29, 0.717) is 11.6 Å². The number of hydrogen-bond acceptors (Lipinski definition) is 2. The molecule has 0 bridgehead atoms. The Hall–Kier alpha value is -1.42. The number of nitrogens with one attached hydrogen (secondary N) is 1. The van der Waals surface area contributed by atoms with Crippen molar-refractivity contribution in [1.29, 1.82) is 0 Å². The predicted molar refractivity (Wildman–Crippen MR) is 81.8 cm³/mol. The van der Waals surface area contributed by atoms with Crippen molar-refractivity contribution >= 4 is 11.0 Å². The van der Waals surface area contributed by atoms with E-state index in [1.54, 1.807) is 6.07 Å². The van der Waals surface area contributed by atoms with Gasteiger partial charge in [0, 0.05) is 6.04 Å². The van der Waals surface area contributed by atoms with Gasteiger partial charge in [0.15, 0.2) is 5.82 Å². The Morgan fingerprint density at radius 2 is 2.29 bits per heavy atom. The average molecular weight is 287 g/mol. The zero-order valence-corrected chi connectivity index (χ0v) is 12.5. The smallest absolute Gasteiger partial charge is 0.151 e. The molecule has 1 aromatic heterocycles. The molecule has 112 valence electrons. The summed E-state index contributed by atoms with van der Waals surface area (Å²) in [4.78, 5) is 4.77. The molecule has 1 unspecified atom stereocenters. The van der Waals surface area contributed by atoms with Crippen molar-refractivity contribution in [3.05, 3.63) is 29.8 Å². The minimum absolute atomic E-state index is 0.0528. The molecule has 3 nitrogen and oxygen atoms in total. The molecule has 21 heavy (non-hydrogen) atoms. The molecule has 1 atom stereocenters. The quantitative estimate of drug-likeness (QED) is 0.924. The number of fused-ring (bicyclic) bond motifs is 1. The van der Waals surface area contributed by atoms with Crippen LogP contribution >= 0.6 is 0 Å². The molecular formula is C17H22FN3. The van der Waals surface area contributed by atoms with E-state index < -0.39 is 0 Å². The second-order valence-corrected chi connectivity index (χ2v) is 6.51. The van der Waals surface area contributed by atoms with Crippen LogP contribution in [0.4, 0.5) is 4.39 Å². The summed E-state index contributed by atoms with van der Waals surface area (Å²) < 4.78 is 16.5. The van der Waals surface area contributed by atoms with Gasteiger partial charge in [0.1, 0.15) is 11.3 Å². The summed E-state index contributed by atoms with van der Waals surface area (Å²) in [6.07, 6.45) is 6.86. The monoisotopic (exact) mass is 287 g/mol. The van der Waals surface area contributed by atoms with E-state index in [4.69, 9.17) is 4.98 Å². The highest BCUT2D eigenvalue weighted by atomic mass is 19.1. The van der Waals surface area contributed by atoms with Crippen molar-refractivity contribution in [1.82, 2.24) is 14.9 Å². The van der Waals surface area contributed by atoms with Crippen molar-refractivity contribution in [2.24, 2.45) is 0 Å². The number of halogens is 1. The largest absolute Gasteiger partial charge is 0.323 e. The lowest BCUT2D eigenvalue weighted by Gasteiger charge is -2.29. The van der Waals surface area contributed by atoms with Crippen LogP contribution in [0.3, 0.4) is 0 Å². The molecule has 1 saturated carbocycles. The number of imidazole rings is 1. The van der Waals surface area contributed by atoms with Crippen molar-refractivity contribution in [2.45, 2.75) is 57.0 Å². The fourth-order valence-corrected chi connectivity index (χ4v) is 3.87. The fourth-order valence-electron chi connectivity index (χ4n) is 3.87. The maximum Gasteiger partial charge on any atom is 0.151 e. The van der Waals surface area contributed by atoms with Crippen LogP contribution in [-0.4, -0.2) is 16.1 Å². The van der Waals surface area contributed by atoms with E-state index in [1.807, 2.05) is 6.07 Å². The van der Waals surface area contributed by atoms with Gasteiger partial charge in [-0.2, -0.15) is 0 Å². The highest BCUT2D eigenvalue weighted by Crippen LogP contribution is 2.44. The van der Waals surface area contributed by atoms with Gasteiger partial charge >= 0.3 is 0 Å². The van der Waals surface area contributed by atoms with Gasteiger partial charge in [-0.05, 0) is 50.8 Å². The second-order valence-electron chi connectivity index (χ2n) is 6.51. The minimum Gasteiger partial charge on any atom is -0.323 e. The van der Waals surface area contributed by atoms with Gasteiger partial charge in [-0.15, -0.1) is 0 Å². The Balaban J connectivity index is 1.94. The molecule has 1 aromatic carbocycles. The Morgan fingerprint density at radius 1 is 1.43 bits per heavy atom. The molecule has 2 aromatic rings. The SMILES string of the molecule is CCCC1(c2nc3c(F)cccc3n2C2CC2)CCCN1. The van der Waals surface area contributed by atoms with Gasteiger partial charge in [-0.1, -0.05) is 19.4 Å². The van der Waals surface area contributed by atoms with E-state index >= 15 is 0 Å². The molecule has 4 rings (SSSR count). The molecular weight excluding hydrogens is 265 g/mol. The van der Waals surface area contributed by atoms with Crippen molar-refractivity contribution in [3.63, 3.8) is 0 Å². The number of para-hydroxylation sites is 1. The Kier molecular flexibility index (Phi) is 3.03. The summed E-state index contributed by atoms with van der Waals surface area (Å²) in [5.41, 5.74) is 1.46. The lowest BCUT2D eigenvalue weighted by Crippen LogP contribution is -2.39. The van der Waals surface area contributed by atoms with Gasteiger partial charge in [-0.25, -0.2) is 9.37 Å². The van der Waals surface area contributed by atoms with E-state index in [1.165, 1.54) is 25.3 Å². The Labute approximate surface area is 124 Å². The molecule has 0 spiro atoms. The summed E-state index contributed by atoms with van der Waals surface area (Å²) in [7, 11) is 0. The average Bonchev–Trinajstić information content (AvgIpc) is 3.06. The molecule has 1 aliphatic carbocycles. The minimum atomic E-state index is -0.196. The topological polar surface area (TPSA) is 29.9 Å². The number of nitrogens with zero attached hydrogens (tertiary/aromatic N) is 2. The highest BCUT2D eigenvalue weighted by Gasteiger charge is 2.42. The third-order valence-corrected chi connectivity index (χ3v) is 4.93. The number of aromatic nitrogens is 2. The molecule has 2 heterocycles. The van der Waals surface area contributed by atoms with Crippen LogP contribution in [0.5, 0.6) is 0 Å². The van der Waals surface area contributed by atoms with Crippen LogP contribution in [0.1, 0.15) is 57.3 Å². The van der Waals surface area contributed by atoms with Crippen molar-refractivity contribution < 1.29 is 4.39 Å². The normalized spacial score (nSPS) is 25.8. The fraction of sp³-hybridized carbons (Fsp3) is 0.588. The summed E-state index contributed by atoms with van der Waals surface area (Å²) in [6.45, 7) is 3.25. The first kappa shape index (κ1) is 13.3. The first-order valence-electron chi connectivity index (χ1n) is 8.17. The Bertz CT molecular complexity index is 666. The predicted octanol–water partition coefficient (Wildman–Crippen LogP) is 3.89. The standard InChI is InChI=1S/C17H22FN3/c1-2-9-17(10-4-11-19-17)16-20-15-13(18)5-3-6-14(15)21(16)12-7-8-12/h3,5-6,12,19H,2,4,7-11H2,1H3. The molecule has 4 heteroatoms. The first-order chi connectivity index (χ1) is 10.2. The highest BCUT2D eigenvalue weighted by molar-refractivity contribution is 5.77. The summed E-state index contributed by atoms with van der Waals surface area (Å²) in [5, 5.41) is 3.69. The van der Waals surface area contributed by atoms with E-state index in [9.17, 15) is 4.39 Å². The number of hydrogen-bond donors (Lipinski definition) is 1. The van der Waals surface area contributed by atoms with Crippen molar-refractivity contribution in [3.8, 4) is 0 Å². The van der Waals surface area contributed by atoms with Crippen LogP contribution < -0.4 is 5.32 Å². The zero-order valence-electron chi connectivity index (χ0n) is 12.5. The van der Waals surface area contributed by atoms with Crippen molar-refractivity contribution in [2.75, 3.05) is 6.54 Å². The van der Waals surface area contributed by atoms with Gasteiger partial charge in [0.2, 0.25) is 0 Å². The van der Waals surface area contributed by atoms with Crippen LogP contribution in [-0.2, 0) is 5.54 Å². The van der Waals surface area contributed by atoms with Gasteiger partial charge in [0.25, 0.3) is 0 Å². The molecule has 0 radical (unpaired) electrons. The van der Waals surface area contributed by atoms with Gasteiger partial charge in [-0.3, -0.25) is 0 Å². The van der Waals surface area contributed by atoms with Gasteiger partial charge < -0.3 is 9.88 Å². The lowest BCUT2D eigenvalue weighted by atomic mass is 9.90. The van der Waals surface area contributed by atoms with Crippen LogP contribution in [0.2, 0.25) is 0 Å². The molecule has 1 saturated heterocycles. The van der Waals surface area contributed by atoms with Crippen LogP contribution in [0, 0.1) is 5.82 Å². The lowest BCUT2D eigenvalue weighted by molar-refractivity contribution is 0.322. The van der Waals surface area contributed by atoms with E-state index in [-0.39, 0.29) is 11.4 Å². The van der Waals surface area contributed by atoms with E-state index in [2.05, 4.69) is 16.8 Å². The molecule has 0 amide bonds. The third-order valence-electron chi connectivity index (χ3n) is 4.93.